The summed E-state index contributed by atoms with van der Waals surface area (Å²) in [5, 5.41) is 8.50. The van der Waals surface area contributed by atoms with E-state index in [9.17, 15) is 9.18 Å². The second-order valence-electron chi connectivity index (χ2n) is 3.66. The Morgan fingerprint density at radius 2 is 2.17 bits per heavy atom. The standard InChI is InChI=1S/C14H15FO3/c1-18-14(17)13-9-5-3-7-11(13)6-2-4-8-12(15)10-16/h3,5,7,9,12,16H,6,8,10H2,1H3. The number of carbonyl (C=O) groups excluding carboxylic acids is 1. The SMILES string of the molecule is COC(=O)c1ccccc1CC#CCC(F)CO. The van der Waals surface area contributed by atoms with E-state index in [1.807, 2.05) is 0 Å². The van der Waals surface area contributed by atoms with E-state index in [1.165, 1.54) is 7.11 Å². The number of rotatable bonds is 4. The summed E-state index contributed by atoms with van der Waals surface area (Å²) in [6.07, 6.45) is -0.964. The number of aliphatic hydroxyl groups is 1. The van der Waals surface area contributed by atoms with E-state index in [2.05, 4.69) is 16.6 Å². The van der Waals surface area contributed by atoms with Crippen LogP contribution in [0.3, 0.4) is 0 Å². The normalized spacial score (nSPS) is 11.3. The van der Waals surface area contributed by atoms with Gasteiger partial charge in [0, 0.05) is 12.8 Å². The first kappa shape index (κ1) is 14.2. The highest BCUT2D eigenvalue weighted by Gasteiger charge is 2.09. The molecule has 0 heterocycles. The van der Waals surface area contributed by atoms with Crippen molar-refractivity contribution in [2.24, 2.45) is 0 Å². The third-order valence-corrected chi connectivity index (χ3v) is 2.35. The molecule has 1 aromatic rings. The maximum atomic E-state index is 12.7. The molecule has 0 amide bonds. The van der Waals surface area contributed by atoms with E-state index in [-0.39, 0.29) is 6.42 Å². The Balaban J connectivity index is 2.70. The molecule has 18 heavy (non-hydrogen) atoms. The number of benzene rings is 1. The summed E-state index contributed by atoms with van der Waals surface area (Å²) in [4.78, 5) is 11.5. The molecule has 1 atom stereocenters. The summed E-state index contributed by atoms with van der Waals surface area (Å²) in [7, 11) is 1.32. The molecular formula is C14H15FO3. The van der Waals surface area contributed by atoms with Crippen LogP contribution in [0.1, 0.15) is 22.3 Å². The topological polar surface area (TPSA) is 46.5 Å². The Kier molecular flexibility index (Phi) is 5.89. The van der Waals surface area contributed by atoms with Crippen LogP contribution in [0.2, 0.25) is 0 Å². The molecule has 96 valence electrons. The fourth-order valence-corrected chi connectivity index (χ4v) is 1.39. The third-order valence-electron chi connectivity index (χ3n) is 2.35. The quantitative estimate of drug-likeness (QED) is 0.654. The zero-order valence-electron chi connectivity index (χ0n) is 10.1. The molecule has 1 rings (SSSR count). The highest BCUT2D eigenvalue weighted by atomic mass is 19.1. The molecule has 0 radical (unpaired) electrons. The number of carbonyl (C=O) groups is 1. The van der Waals surface area contributed by atoms with Crippen LogP contribution in [0.4, 0.5) is 4.39 Å². The van der Waals surface area contributed by atoms with Gasteiger partial charge in [0.05, 0.1) is 19.3 Å². The van der Waals surface area contributed by atoms with Gasteiger partial charge in [-0.3, -0.25) is 0 Å². The van der Waals surface area contributed by atoms with E-state index >= 15 is 0 Å². The molecule has 0 saturated carbocycles. The lowest BCUT2D eigenvalue weighted by atomic mass is 10.0. The van der Waals surface area contributed by atoms with Crippen LogP contribution in [0.5, 0.6) is 0 Å². The average molecular weight is 250 g/mol. The number of hydrogen-bond donors (Lipinski definition) is 1. The number of esters is 1. The van der Waals surface area contributed by atoms with Gasteiger partial charge in [-0.2, -0.15) is 0 Å². The summed E-state index contributed by atoms with van der Waals surface area (Å²) in [5.41, 5.74) is 1.21. The molecule has 3 nitrogen and oxygen atoms in total. The fourth-order valence-electron chi connectivity index (χ4n) is 1.39. The molecule has 0 aliphatic rings. The van der Waals surface area contributed by atoms with Gasteiger partial charge in [-0.1, -0.05) is 30.0 Å². The van der Waals surface area contributed by atoms with E-state index in [0.29, 0.717) is 12.0 Å². The van der Waals surface area contributed by atoms with Crippen LogP contribution in [-0.4, -0.2) is 31.0 Å². The molecular weight excluding hydrogens is 235 g/mol. The number of aliphatic hydroxyl groups excluding tert-OH is 1. The minimum absolute atomic E-state index is 0.00308. The second kappa shape index (κ2) is 7.46. The lowest BCUT2D eigenvalue weighted by Gasteiger charge is -2.04. The van der Waals surface area contributed by atoms with Crippen molar-refractivity contribution in [3.63, 3.8) is 0 Å². The van der Waals surface area contributed by atoms with Gasteiger partial charge in [0.15, 0.2) is 0 Å². The summed E-state index contributed by atoms with van der Waals surface area (Å²) < 4.78 is 17.4. The first-order valence-electron chi connectivity index (χ1n) is 5.56. The van der Waals surface area contributed by atoms with Crippen LogP contribution in [0.25, 0.3) is 0 Å². The molecule has 1 aromatic carbocycles. The fraction of sp³-hybridized carbons (Fsp3) is 0.357. The van der Waals surface area contributed by atoms with Crippen LogP contribution >= 0.6 is 0 Å². The predicted octanol–water partition coefficient (Wildman–Crippen LogP) is 1.74. The van der Waals surface area contributed by atoms with Gasteiger partial charge in [0.2, 0.25) is 0 Å². The van der Waals surface area contributed by atoms with Gasteiger partial charge in [-0.25, -0.2) is 9.18 Å². The maximum Gasteiger partial charge on any atom is 0.338 e. The molecule has 0 aromatic heterocycles. The van der Waals surface area contributed by atoms with Crippen molar-refractivity contribution >= 4 is 5.97 Å². The maximum absolute atomic E-state index is 12.7. The number of methoxy groups -OCH3 is 1. The average Bonchev–Trinajstić information content (AvgIpc) is 2.42. The molecule has 0 fully saturated rings. The van der Waals surface area contributed by atoms with Gasteiger partial charge in [0.1, 0.15) is 6.17 Å². The molecule has 0 bridgehead atoms. The van der Waals surface area contributed by atoms with Crippen LogP contribution in [-0.2, 0) is 11.2 Å². The molecule has 0 aliphatic carbocycles. The number of hydrogen-bond acceptors (Lipinski definition) is 3. The van der Waals surface area contributed by atoms with Crippen molar-refractivity contribution in [3.8, 4) is 11.8 Å². The van der Waals surface area contributed by atoms with Crippen molar-refractivity contribution in [2.45, 2.75) is 19.0 Å². The Labute approximate surface area is 106 Å². The van der Waals surface area contributed by atoms with Crippen LogP contribution in [0.15, 0.2) is 24.3 Å². The monoisotopic (exact) mass is 250 g/mol. The molecule has 0 saturated heterocycles. The highest BCUT2D eigenvalue weighted by Crippen LogP contribution is 2.10. The third kappa shape index (κ3) is 4.19. The van der Waals surface area contributed by atoms with Crippen molar-refractivity contribution < 1.29 is 19.0 Å². The van der Waals surface area contributed by atoms with E-state index in [1.54, 1.807) is 24.3 Å². The molecule has 0 spiro atoms. The Morgan fingerprint density at radius 3 is 2.83 bits per heavy atom. The van der Waals surface area contributed by atoms with Gasteiger partial charge >= 0.3 is 5.97 Å². The molecule has 1 unspecified atom stereocenters. The van der Waals surface area contributed by atoms with E-state index < -0.39 is 18.7 Å². The lowest BCUT2D eigenvalue weighted by molar-refractivity contribution is 0.0599. The number of halogens is 1. The van der Waals surface area contributed by atoms with Crippen molar-refractivity contribution in [1.82, 2.24) is 0 Å². The first-order chi connectivity index (χ1) is 8.69. The Hall–Kier alpha value is -1.86. The van der Waals surface area contributed by atoms with Gasteiger partial charge < -0.3 is 9.84 Å². The first-order valence-corrected chi connectivity index (χ1v) is 5.56. The van der Waals surface area contributed by atoms with Crippen LogP contribution in [0, 0.1) is 11.8 Å². The Morgan fingerprint density at radius 1 is 1.44 bits per heavy atom. The van der Waals surface area contributed by atoms with Gasteiger partial charge in [-0.15, -0.1) is 0 Å². The van der Waals surface area contributed by atoms with Gasteiger partial charge in [-0.05, 0) is 11.6 Å². The van der Waals surface area contributed by atoms with E-state index in [4.69, 9.17) is 5.11 Å². The summed E-state index contributed by atoms with van der Waals surface area (Å²) in [6.45, 7) is -0.520. The zero-order valence-corrected chi connectivity index (χ0v) is 10.1. The van der Waals surface area contributed by atoms with Crippen LogP contribution < -0.4 is 0 Å². The van der Waals surface area contributed by atoms with Crippen molar-refractivity contribution in [1.29, 1.82) is 0 Å². The van der Waals surface area contributed by atoms with Crippen molar-refractivity contribution in [3.05, 3.63) is 35.4 Å². The summed E-state index contributed by atoms with van der Waals surface area (Å²) in [6, 6.07) is 6.98. The minimum atomic E-state index is -1.31. The molecule has 4 heteroatoms. The zero-order chi connectivity index (χ0) is 13.4. The number of ether oxygens (including phenoxy) is 1. The minimum Gasteiger partial charge on any atom is -0.465 e. The Bertz CT molecular complexity index is 460. The second-order valence-corrected chi connectivity index (χ2v) is 3.66. The van der Waals surface area contributed by atoms with Crippen molar-refractivity contribution in [2.75, 3.05) is 13.7 Å². The summed E-state index contributed by atoms with van der Waals surface area (Å²) in [5.74, 6) is 5.00. The predicted molar refractivity (Wildman–Crippen MR) is 65.9 cm³/mol. The van der Waals surface area contributed by atoms with Gasteiger partial charge in [0.25, 0.3) is 0 Å². The summed E-state index contributed by atoms with van der Waals surface area (Å²) >= 11 is 0. The largest absolute Gasteiger partial charge is 0.465 e. The lowest BCUT2D eigenvalue weighted by Crippen LogP contribution is -2.05. The number of alkyl halides is 1. The highest BCUT2D eigenvalue weighted by molar-refractivity contribution is 5.91. The molecule has 1 N–H and O–H groups in total. The molecule has 0 aliphatic heterocycles. The van der Waals surface area contributed by atoms with E-state index in [0.717, 1.165) is 5.56 Å². The smallest absolute Gasteiger partial charge is 0.338 e.